The van der Waals surface area contributed by atoms with Gasteiger partial charge in [-0.3, -0.25) is 9.59 Å². The fourth-order valence-electron chi connectivity index (χ4n) is 4.66. The number of aliphatic hydroxyl groups is 2. The van der Waals surface area contributed by atoms with E-state index >= 15 is 0 Å². The van der Waals surface area contributed by atoms with Crippen molar-refractivity contribution in [1.82, 2.24) is 4.98 Å². The minimum atomic E-state index is -1.24. The highest BCUT2D eigenvalue weighted by molar-refractivity contribution is 5.88. The zero-order chi connectivity index (χ0) is 27.0. The van der Waals surface area contributed by atoms with Crippen molar-refractivity contribution in [2.75, 3.05) is 0 Å². The topological polar surface area (TPSA) is 136 Å². The Morgan fingerprint density at radius 1 is 1.31 bits per heavy atom. The van der Waals surface area contributed by atoms with Gasteiger partial charge in [0.05, 0.1) is 30.6 Å². The number of nitrogens with zero attached hydrogens (tertiary/aromatic N) is 1. The van der Waals surface area contributed by atoms with Gasteiger partial charge in [-0.05, 0) is 57.1 Å². The highest BCUT2D eigenvalue weighted by atomic mass is 16.5. The lowest BCUT2D eigenvalue weighted by Gasteiger charge is -2.35. The van der Waals surface area contributed by atoms with Crippen molar-refractivity contribution in [1.29, 1.82) is 0 Å². The van der Waals surface area contributed by atoms with Gasteiger partial charge in [-0.2, -0.15) is 0 Å². The number of hydrogen-bond acceptors (Lipinski definition) is 8. The predicted octanol–water partition coefficient (Wildman–Crippen LogP) is 4.34. The molecule has 0 aliphatic carbocycles. The van der Waals surface area contributed by atoms with Crippen molar-refractivity contribution >= 4 is 17.8 Å². The van der Waals surface area contributed by atoms with E-state index in [2.05, 4.69) is 11.1 Å². The van der Waals surface area contributed by atoms with Crippen LogP contribution in [0.25, 0.3) is 6.08 Å². The molecule has 0 aromatic carbocycles. The van der Waals surface area contributed by atoms with Gasteiger partial charge in [0.25, 0.3) is 0 Å². The number of esters is 1. The van der Waals surface area contributed by atoms with Crippen LogP contribution in [0, 0.1) is 17.3 Å². The van der Waals surface area contributed by atoms with Crippen molar-refractivity contribution in [3.8, 4) is 0 Å². The standard InChI is InChI=1S/C28H44N2O6/c1-7-21-26(33)18(3)10-8-9-17(2)11-12-22(19(4)13-20-16-35-24(15-29)30-20)36-25(32)14-23(31)28(5,6)27(21)34/h11,13,16,18,21-23,26,31,33H,7-10,12,14-15,29H2,1-6H3/t18-,21+,22-,23-,26-/m0/s1. The molecule has 8 nitrogen and oxygen atoms in total. The van der Waals surface area contributed by atoms with Gasteiger partial charge in [0.15, 0.2) is 0 Å². The van der Waals surface area contributed by atoms with Crippen LogP contribution in [0.2, 0.25) is 0 Å². The van der Waals surface area contributed by atoms with E-state index in [9.17, 15) is 19.8 Å². The van der Waals surface area contributed by atoms with Gasteiger partial charge in [-0.1, -0.05) is 39.3 Å². The van der Waals surface area contributed by atoms with E-state index in [4.69, 9.17) is 14.9 Å². The molecule has 0 saturated carbocycles. The molecule has 2 heterocycles. The van der Waals surface area contributed by atoms with Gasteiger partial charge in [-0.15, -0.1) is 0 Å². The van der Waals surface area contributed by atoms with Crippen LogP contribution in [0.3, 0.4) is 0 Å². The van der Waals surface area contributed by atoms with Crippen molar-refractivity contribution in [3.63, 3.8) is 0 Å². The number of oxazole rings is 1. The molecule has 0 radical (unpaired) electrons. The second-order valence-corrected chi connectivity index (χ2v) is 10.7. The Morgan fingerprint density at radius 3 is 2.61 bits per heavy atom. The molecule has 36 heavy (non-hydrogen) atoms. The predicted molar refractivity (Wildman–Crippen MR) is 139 cm³/mol. The smallest absolute Gasteiger partial charge is 0.309 e. The molecule has 2 rings (SSSR count). The molecule has 0 amide bonds. The maximum atomic E-state index is 13.4. The van der Waals surface area contributed by atoms with Crippen LogP contribution in [0.4, 0.5) is 0 Å². The molecular formula is C28H44N2O6. The zero-order valence-corrected chi connectivity index (χ0v) is 22.6. The first-order valence-electron chi connectivity index (χ1n) is 13.0. The number of ketones is 1. The normalized spacial score (nSPS) is 29.5. The van der Waals surface area contributed by atoms with Gasteiger partial charge < -0.3 is 25.1 Å². The van der Waals surface area contributed by atoms with Crippen LogP contribution in [-0.2, 0) is 20.9 Å². The molecule has 202 valence electrons. The summed E-state index contributed by atoms with van der Waals surface area (Å²) >= 11 is 0. The van der Waals surface area contributed by atoms with Gasteiger partial charge in [0.2, 0.25) is 5.89 Å². The Labute approximate surface area is 215 Å². The number of allylic oxidation sites excluding steroid dienone is 1. The maximum Gasteiger partial charge on any atom is 0.309 e. The fraction of sp³-hybridized carbons (Fsp3) is 0.679. The number of hydrogen-bond donors (Lipinski definition) is 3. The Morgan fingerprint density at radius 2 is 2.00 bits per heavy atom. The maximum absolute atomic E-state index is 13.4. The average Bonchev–Trinajstić information content (AvgIpc) is 3.28. The summed E-state index contributed by atoms with van der Waals surface area (Å²) in [5, 5.41) is 21.9. The third-order valence-electron chi connectivity index (χ3n) is 7.41. The molecular weight excluding hydrogens is 460 g/mol. The van der Waals surface area contributed by atoms with Crippen LogP contribution in [0.15, 0.2) is 27.9 Å². The Hall–Kier alpha value is -2.29. The highest BCUT2D eigenvalue weighted by Gasteiger charge is 2.43. The number of nitrogens with two attached hydrogens (primary N) is 1. The Bertz CT molecular complexity index is 948. The molecule has 1 aliphatic rings. The Balaban J connectivity index is 2.35. The van der Waals surface area contributed by atoms with Crippen LogP contribution in [-0.4, -0.2) is 45.3 Å². The largest absolute Gasteiger partial charge is 0.457 e. The molecule has 0 fully saturated rings. The first-order valence-corrected chi connectivity index (χ1v) is 13.0. The Kier molecular flexibility index (Phi) is 11.1. The van der Waals surface area contributed by atoms with Crippen LogP contribution < -0.4 is 5.73 Å². The first kappa shape index (κ1) is 29.9. The molecule has 1 aromatic rings. The fourth-order valence-corrected chi connectivity index (χ4v) is 4.66. The van der Waals surface area contributed by atoms with Gasteiger partial charge in [0, 0.05) is 12.3 Å². The number of aromatic nitrogens is 1. The third-order valence-corrected chi connectivity index (χ3v) is 7.41. The summed E-state index contributed by atoms with van der Waals surface area (Å²) in [6, 6.07) is 0. The summed E-state index contributed by atoms with van der Waals surface area (Å²) in [4.78, 5) is 30.6. The lowest BCUT2D eigenvalue weighted by molar-refractivity contribution is -0.154. The first-order chi connectivity index (χ1) is 16.9. The quantitative estimate of drug-likeness (QED) is 0.407. The van der Waals surface area contributed by atoms with Crippen LogP contribution >= 0.6 is 0 Å². The highest BCUT2D eigenvalue weighted by Crippen LogP contribution is 2.34. The summed E-state index contributed by atoms with van der Waals surface area (Å²) < 4.78 is 11.1. The number of cyclic esters (lactones) is 1. The monoisotopic (exact) mass is 504 g/mol. The molecule has 1 aliphatic heterocycles. The van der Waals surface area contributed by atoms with E-state index < -0.39 is 35.6 Å². The summed E-state index contributed by atoms with van der Waals surface area (Å²) in [5.74, 6) is -1.08. The van der Waals surface area contributed by atoms with Crippen LogP contribution in [0.1, 0.15) is 91.7 Å². The number of carbonyl (C=O) groups excluding carboxylic acids is 2. The van der Waals surface area contributed by atoms with Crippen molar-refractivity contribution < 1.29 is 29.0 Å². The van der Waals surface area contributed by atoms with Crippen molar-refractivity contribution in [2.45, 2.75) is 105 Å². The molecule has 0 spiro atoms. The molecule has 0 bridgehead atoms. The number of Topliss-reactive ketones (excluding diaryl/α,β-unsaturated/α-hetero) is 1. The molecule has 8 heteroatoms. The number of carbonyl (C=O) groups is 2. The lowest BCUT2D eigenvalue weighted by atomic mass is 9.71. The van der Waals surface area contributed by atoms with Gasteiger partial charge >= 0.3 is 5.97 Å². The van der Waals surface area contributed by atoms with Crippen molar-refractivity contribution in [2.24, 2.45) is 23.0 Å². The number of ether oxygens (including phenoxy) is 1. The third kappa shape index (κ3) is 7.85. The van der Waals surface area contributed by atoms with E-state index in [1.165, 1.54) is 6.26 Å². The summed E-state index contributed by atoms with van der Waals surface area (Å²) in [5.41, 5.74) is 6.88. The zero-order valence-electron chi connectivity index (χ0n) is 22.6. The lowest BCUT2D eigenvalue weighted by Crippen LogP contribution is -2.46. The molecule has 0 unspecified atom stereocenters. The number of aliphatic hydroxyl groups excluding tert-OH is 2. The minimum Gasteiger partial charge on any atom is -0.457 e. The van der Waals surface area contributed by atoms with Crippen molar-refractivity contribution in [3.05, 3.63) is 35.1 Å². The molecule has 0 saturated heterocycles. The summed E-state index contributed by atoms with van der Waals surface area (Å²) in [7, 11) is 0. The van der Waals surface area contributed by atoms with E-state index in [1.807, 2.05) is 27.7 Å². The van der Waals surface area contributed by atoms with E-state index in [1.54, 1.807) is 19.9 Å². The molecule has 4 N–H and O–H groups in total. The average molecular weight is 505 g/mol. The SMILES string of the molecule is CC[C@H]1C(=O)C(C)(C)[C@@H](O)CC(=O)O[C@H](C(C)=Cc2coc(CN)n2)CC=C(C)CCC[C@H](C)[C@@H]1O. The second kappa shape index (κ2) is 13.3. The van der Waals surface area contributed by atoms with Crippen LogP contribution in [0.5, 0.6) is 0 Å². The van der Waals surface area contributed by atoms with Gasteiger partial charge in [-0.25, -0.2) is 4.98 Å². The minimum absolute atomic E-state index is 0.0590. The van der Waals surface area contributed by atoms with Gasteiger partial charge in [0.1, 0.15) is 23.8 Å². The summed E-state index contributed by atoms with van der Waals surface area (Å²) in [6.07, 6.45) is 5.86. The summed E-state index contributed by atoms with van der Waals surface area (Å²) in [6.45, 7) is 11.2. The number of rotatable bonds is 4. The second-order valence-electron chi connectivity index (χ2n) is 10.7. The van der Waals surface area contributed by atoms with E-state index in [0.29, 0.717) is 24.4 Å². The van der Waals surface area contributed by atoms with E-state index in [0.717, 1.165) is 30.4 Å². The van der Waals surface area contributed by atoms with E-state index in [-0.39, 0.29) is 24.7 Å². The molecule has 5 atom stereocenters. The molecule has 1 aromatic heterocycles.